The molecule has 0 bridgehead atoms. The van der Waals surface area contributed by atoms with Gasteiger partial charge in [0.25, 0.3) is 0 Å². The Morgan fingerprint density at radius 2 is 2.16 bits per heavy atom. The van der Waals surface area contributed by atoms with Gasteiger partial charge in [-0.25, -0.2) is 4.98 Å². The Balaban J connectivity index is 1.34. The van der Waals surface area contributed by atoms with E-state index in [1.807, 2.05) is 29.8 Å². The topological polar surface area (TPSA) is 72.7 Å². The van der Waals surface area contributed by atoms with Crippen LogP contribution in [-0.4, -0.2) is 37.5 Å². The summed E-state index contributed by atoms with van der Waals surface area (Å²) in [6.07, 6.45) is 2.21. The van der Waals surface area contributed by atoms with Crippen LogP contribution in [0.4, 0.5) is 0 Å². The van der Waals surface area contributed by atoms with Gasteiger partial charge in [0.1, 0.15) is 5.82 Å². The monoisotopic (exact) mass is 391 g/mol. The number of thioether (sulfide) groups is 2. The third-order valence-corrected chi connectivity index (χ3v) is 6.99. The number of amides is 1. The van der Waals surface area contributed by atoms with Crippen LogP contribution < -0.4 is 5.32 Å². The number of nitrogens with one attached hydrogen (secondary N) is 1. The predicted molar refractivity (Wildman–Crippen MR) is 102 cm³/mol. The van der Waals surface area contributed by atoms with E-state index in [1.54, 1.807) is 23.1 Å². The third kappa shape index (κ3) is 4.16. The second-order valence-corrected chi connectivity index (χ2v) is 9.02. The molecular formula is C16H17N5OS3. The van der Waals surface area contributed by atoms with Crippen LogP contribution in [0.5, 0.6) is 0 Å². The average molecular weight is 392 g/mol. The van der Waals surface area contributed by atoms with Gasteiger partial charge in [-0.05, 0) is 25.0 Å². The SMILES string of the molecule is Cn1c(CSc2nc3ccccc3s2)nnc1SCC(=O)NC1CC1. The van der Waals surface area contributed by atoms with Gasteiger partial charge in [0.2, 0.25) is 5.91 Å². The number of aromatic nitrogens is 4. The maximum absolute atomic E-state index is 11.8. The van der Waals surface area contributed by atoms with Gasteiger partial charge < -0.3 is 9.88 Å². The summed E-state index contributed by atoms with van der Waals surface area (Å²) < 4.78 is 4.18. The molecule has 0 saturated heterocycles. The van der Waals surface area contributed by atoms with Crippen molar-refractivity contribution in [2.24, 2.45) is 7.05 Å². The Morgan fingerprint density at radius 3 is 2.96 bits per heavy atom. The molecule has 0 radical (unpaired) electrons. The molecule has 2 aromatic heterocycles. The number of nitrogens with zero attached hydrogens (tertiary/aromatic N) is 4. The van der Waals surface area contributed by atoms with Crippen LogP contribution >= 0.6 is 34.9 Å². The summed E-state index contributed by atoms with van der Waals surface area (Å²) >= 11 is 4.78. The molecule has 2 heterocycles. The molecule has 0 unspecified atom stereocenters. The second kappa shape index (κ2) is 7.35. The Kier molecular flexibility index (Phi) is 4.96. The predicted octanol–water partition coefficient (Wildman–Crippen LogP) is 3.09. The van der Waals surface area contributed by atoms with Crippen molar-refractivity contribution in [2.45, 2.75) is 34.1 Å². The van der Waals surface area contributed by atoms with E-state index >= 15 is 0 Å². The van der Waals surface area contributed by atoms with Gasteiger partial charge in [-0.15, -0.1) is 21.5 Å². The van der Waals surface area contributed by atoms with Crippen molar-refractivity contribution >= 4 is 51.0 Å². The van der Waals surface area contributed by atoms with E-state index in [0.29, 0.717) is 17.5 Å². The van der Waals surface area contributed by atoms with Gasteiger partial charge in [-0.1, -0.05) is 35.7 Å². The van der Waals surface area contributed by atoms with Crippen LogP contribution in [0.25, 0.3) is 10.2 Å². The Bertz CT molecular complexity index is 869. The summed E-state index contributed by atoms with van der Waals surface area (Å²) in [6, 6.07) is 8.54. The highest BCUT2D eigenvalue weighted by Gasteiger charge is 2.23. The maximum Gasteiger partial charge on any atom is 0.230 e. The largest absolute Gasteiger partial charge is 0.353 e. The van der Waals surface area contributed by atoms with E-state index < -0.39 is 0 Å². The number of para-hydroxylation sites is 1. The molecule has 1 fully saturated rings. The summed E-state index contributed by atoms with van der Waals surface area (Å²) in [4.78, 5) is 16.4. The van der Waals surface area contributed by atoms with Crippen LogP contribution in [0.2, 0.25) is 0 Å². The molecule has 0 spiro atoms. The van der Waals surface area contributed by atoms with Gasteiger partial charge in [-0.3, -0.25) is 4.79 Å². The van der Waals surface area contributed by atoms with E-state index in [2.05, 4.69) is 26.6 Å². The zero-order valence-electron chi connectivity index (χ0n) is 13.6. The average Bonchev–Trinajstić information content (AvgIpc) is 3.20. The standard InChI is InChI=1S/C16H17N5OS3/c1-21-13(8-24-16-18-11-4-2-3-5-12(11)25-16)19-20-15(21)23-9-14(22)17-10-6-7-10/h2-5,10H,6-9H2,1H3,(H,17,22). The number of hydrogen-bond acceptors (Lipinski definition) is 7. The van der Waals surface area contributed by atoms with Crippen LogP contribution in [0.3, 0.4) is 0 Å². The molecule has 0 aliphatic heterocycles. The first-order chi connectivity index (χ1) is 12.2. The van der Waals surface area contributed by atoms with Crippen LogP contribution in [-0.2, 0) is 17.6 Å². The minimum Gasteiger partial charge on any atom is -0.353 e. The van der Waals surface area contributed by atoms with Crippen LogP contribution in [0, 0.1) is 0 Å². The van der Waals surface area contributed by atoms with Crippen molar-refractivity contribution in [2.75, 3.05) is 5.75 Å². The lowest BCUT2D eigenvalue weighted by Crippen LogP contribution is -2.27. The molecule has 1 N–H and O–H groups in total. The number of thiazole rings is 1. The molecule has 1 amide bonds. The molecule has 0 atom stereocenters. The summed E-state index contributed by atoms with van der Waals surface area (Å²) in [5.41, 5.74) is 1.03. The molecular weight excluding hydrogens is 374 g/mol. The van der Waals surface area contributed by atoms with Crippen LogP contribution in [0.15, 0.2) is 33.8 Å². The summed E-state index contributed by atoms with van der Waals surface area (Å²) in [7, 11) is 1.94. The van der Waals surface area contributed by atoms with Crippen molar-refractivity contribution in [3.8, 4) is 0 Å². The molecule has 3 aromatic rings. The first kappa shape index (κ1) is 16.9. The fraction of sp³-hybridized carbons (Fsp3) is 0.375. The van der Waals surface area contributed by atoms with Gasteiger partial charge in [0.15, 0.2) is 9.50 Å². The highest BCUT2D eigenvalue weighted by atomic mass is 32.2. The number of fused-ring (bicyclic) bond motifs is 1. The maximum atomic E-state index is 11.8. The van der Waals surface area contributed by atoms with E-state index in [9.17, 15) is 4.79 Å². The number of rotatable bonds is 7. The molecule has 1 aliphatic rings. The molecule has 130 valence electrons. The van der Waals surface area contributed by atoms with Crippen LogP contribution in [0.1, 0.15) is 18.7 Å². The zero-order valence-corrected chi connectivity index (χ0v) is 16.1. The van der Waals surface area contributed by atoms with E-state index in [4.69, 9.17) is 0 Å². The van der Waals surface area contributed by atoms with Gasteiger partial charge in [-0.2, -0.15) is 0 Å². The quantitative estimate of drug-likeness (QED) is 0.624. The highest BCUT2D eigenvalue weighted by Crippen LogP contribution is 2.31. The minimum atomic E-state index is 0.0703. The van der Waals surface area contributed by atoms with E-state index in [0.717, 1.165) is 33.7 Å². The number of hydrogen-bond donors (Lipinski definition) is 1. The fourth-order valence-corrected chi connectivity index (χ4v) is 5.05. The molecule has 9 heteroatoms. The van der Waals surface area contributed by atoms with Crippen molar-refractivity contribution < 1.29 is 4.79 Å². The molecule has 4 rings (SSSR count). The summed E-state index contributed by atoms with van der Waals surface area (Å²) in [5.74, 6) is 2.04. The molecule has 1 aliphatic carbocycles. The zero-order chi connectivity index (χ0) is 17.2. The molecule has 1 saturated carbocycles. The Hall–Kier alpha value is -1.58. The molecule has 6 nitrogen and oxygen atoms in total. The van der Waals surface area contributed by atoms with Crippen molar-refractivity contribution in [1.82, 2.24) is 25.1 Å². The molecule has 1 aromatic carbocycles. The second-order valence-electron chi connectivity index (χ2n) is 5.82. The van der Waals surface area contributed by atoms with Crippen molar-refractivity contribution in [3.63, 3.8) is 0 Å². The Morgan fingerprint density at radius 1 is 1.32 bits per heavy atom. The van der Waals surface area contributed by atoms with E-state index in [1.165, 1.54) is 16.5 Å². The Labute approximate surface area is 157 Å². The highest BCUT2D eigenvalue weighted by molar-refractivity contribution is 8.00. The third-order valence-electron chi connectivity index (χ3n) is 3.80. The van der Waals surface area contributed by atoms with Gasteiger partial charge in [0.05, 0.1) is 21.7 Å². The first-order valence-corrected chi connectivity index (χ1v) is 10.8. The van der Waals surface area contributed by atoms with Crippen molar-refractivity contribution in [3.05, 3.63) is 30.1 Å². The number of carbonyl (C=O) groups is 1. The lowest BCUT2D eigenvalue weighted by atomic mass is 10.3. The fourth-order valence-electron chi connectivity index (χ4n) is 2.26. The number of carbonyl (C=O) groups excluding carboxylic acids is 1. The van der Waals surface area contributed by atoms with Gasteiger partial charge >= 0.3 is 0 Å². The summed E-state index contributed by atoms with van der Waals surface area (Å²) in [6.45, 7) is 0. The number of benzene rings is 1. The normalized spacial score (nSPS) is 14.1. The first-order valence-electron chi connectivity index (χ1n) is 7.98. The smallest absolute Gasteiger partial charge is 0.230 e. The van der Waals surface area contributed by atoms with Crippen molar-refractivity contribution in [1.29, 1.82) is 0 Å². The summed E-state index contributed by atoms with van der Waals surface area (Å²) in [5, 5.41) is 12.2. The lowest BCUT2D eigenvalue weighted by molar-refractivity contribution is -0.118. The van der Waals surface area contributed by atoms with E-state index in [-0.39, 0.29) is 5.91 Å². The van der Waals surface area contributed by atoms with Gasteiger partial charge in [0, 0.05) is 13.1 Å². The lowest BCUT2D eigenvalue weighted by Gasteiger charge is -2.04. The minimum absolute atomic E-state index is 0.0703. The molecule has 25 heavy (non-hydrogen) atoms.